The fourth-order valence-electron chi connectivity index (χ4n) is 4.43. The van der Waals surface area contributed by atoms with Crippen LogP contribution in [0.5, 0.6) is 0 Å². The molecule has 2 atom stereocenters. The smallest absolute Gasteiger partial charge is 0.317 e. The van der Waals surface area contributed by atoms with Gasteiger partial charge in [-0.3, -0.25) is 5.10 Å². The number of aromatic nitrogens is 6. The van der Waals surface area contributed by atoms with E-state index in [1.165, 1.54) is 32.1 Å². The number of urea groups is 1. The lowest BCUT2D eigenvalue weighted by Gasteiger charge is -2.32. The number of amides is 2. The lowest BCUT2D eigenvalue weighted by molar-refractivity contribution is 0.175. The van der Waals surface area contributed by atoms with Gasteiger partial charge >= 0.3 is 6.03 Å². The molecule has 0 aromatic carbocycles. The summed E-state index contributed by atoms with van der Waals surface area (Å²) >= 11 is 0. The van der Waals surface area contributed by atoms with Crippen LogP contribution < -0.4 is 5.32 Å². The number of carbonyl (C=O) groups is 1. The minimum Gasteiger partial charge on any atom is -0.328 e. The Morgan fingerprint density at radius 1 is 1.21 bits per heavy atom. The number of H-pyrrole nitrogens is 1. The Balaban J connectivity index is 1.37. The molecule has 1 aliphatic carbocycles. The van der Waals surface area contributed by atoms with Gasteiger partial charge in [-0.1, -0.05) is 19.3 Å². The third kappa shape index (κ3) is 4.02. The van der Waals surface area contributed by atoms with Crippen molar-refractivity contribution in [2.45, 2.75) is 69.7 Å². The SMILES string of the molecule is C[C@H](NC(=O)N1CCC[C@@H](c2n[nH]c(C3CCCCC3)n2)C1)c1nncn1C. The summed E-state index contributed by atoms with van der Waals surface area (Å²) in [5.41, 5.74) is 0. The van der Waals surface area contributed by atoms with E-state index in [4.69, 9.17) is 4.98 Å². The van der Waals surface area contributed by atoms with Crippen molar-refractivity contribution in [2.24, 2.45) is 7.05 Å². The average Bonchev–Trinajstić information content (AvgIpc) is 3.38. The van der Waals surface area contributed by atoms with E-state index >= 15 is 0 Å². The molecule has 2 aromatic rings. The average molecular weight is 387 g/mol. The van der Waals surface area contributed by atoms with Gasteiger partial charge in [0.2, 0.25) is 0 Å². The maximum absolute atomic E-state index is 12.8. The first-order valence-electron chi connectivity index (χ1n) is 10.4. The van der Waals surface area contributed by atoms with Crippen molar-refractivity contribution < 1.29 is 4.79 Å². The van der Waals surface area contributed by atoms with Gasteiger partial charge in [-0.15, -0.1) is 10.2 Å². The molecule has 9 heteroatoms. The zero-order valence-corrected chi connectivity index (χ0v) is 16.8. The normalized spacial score (nSPS) is 22.2. The molecule has 1 saturated carbocycles. The fourth-order valence-corrected chi connectivity index (χ4v) is 4.43. The predicted octanol–water partition coefficient (Wildman–Crippen LogP) is 2.63. The highest BCUT2D eigenvalue weighted by molar-refractivity contribution is 5.74. The molecular weight excluding hydrogens is 356 g/mol. The quantitative estimate of drug-likeness (QED) is 0.840. The number of piperidine rings is 1. The van der Waals surface area contributed by atoms with Crippen molar-refractivity contribution in [3.8, 4) is 0 Å². The van der Waals surface area contributed by atoms with Crippen molar-refractivity contribution in [3.63, 3.8) is 0 Å². The first-order valence-corrected chi connectivity index (χ1v) is 10.4. The second kappa shape index (κ2) is 8.28. The second-order valence-electron chi connectivity index (χ2n) is 8.17. The zero-order chi connectivity index (χ0) is 19.5. The summed E-state index contributed by atoms with van der Waals surface area (Å²) in [6, 6.07) is -0.259. The fraction of sp³-hybridized carbons (Fsp3) is 0.737. The van der Waals surface area contributed by atoms with E-state index in [1.807, 2.05) is 23.4 Å². The standard InChI is InChI=1S/C19H30N8O/c1-13(18-25-20-12-26(18)2)21-19(28)27-10-6-9-15(11-27)17-22-16(23-24-17)14-7-4-3-5-8-14/h12-15H,3-11H2,1-2H3,(H,21,28)(H,22,23,24)/t13-,15+/m0/s1. The van der Waals surface area contributed by atoms with E-state index in [0.29, 0.717) is 12.5 Å². The van der Waals surface area contributed by atoms with Gasteiger partial charge in [0.25, 0.3) is 0 Å². The molecular formula is C19H30N8O. The number of aromatic amines is 1. The van der Waals surface area contributed by atoms with Crippen molar-refractivity contribution in [1.29, 1.82) is 0 Å². The summed E-state index contributed by atoms with van der Waals surface area (Å²) in [4.78, 5) is 19.4. The molecule has 1 aliphatic heterocycles. The summed E-state index contributed by atoms with van der Waals surface area (Å²) in [6.07, 6.45) is 9.92. The molecule has 0 radical (unpaired) electrons. The van der Waals surface area contributed by atoms with Crippen molar-refractivity contribution in [3.05, 3.63) is 23.8 Å². The molecule has 0 unspecified atom stereocenters. The Kier molecular flexibility index (Phi) is 5.59. The highest BCUT2D eigenvalue weighted by Crippen LogP contribution is 2.32. The number of rotatable bonds is 4. The molecule has 28 heavy (non-hydrogen) atoms. The molecule has 3 heterocycles. The van der Waals surface area contributed by atoms with Crippen molar-refractivity contribution in [1.82, 2.24) is 40.2 Å². The van der Waals surface area contributed by atoms with Crippen LogP contribution in [0.4, 0.5) is 4.79 Å². The maximum Gasteiger partial charge on any atom is 0.317 e. The number of nitrogens with zero attached hydrogens (tertiary/aromatic N) is 6. The molecule has 1 saturated heterocycles. The summed E-state index contributed by atoms with van der Waals surface area (Å²) < 4.78 is 1.82. The second-order valence-corrected chi connectivity index (χ2v) is 8.17. The molecule has 4 rings (SSSR count). The Bertz CT molecular complexity index is 793. The monoisotopic (exact) mass is 386 g/mol. The highest BCUT2D eigenvalue weighted by Gasteiger charge is 2.29. The van der Waals surface area contributed by atoms with Crippen LogP contribution >= 0.6 is 0 Å². The predicted molar refractivity (Wildman–Crippen MR) is 104 cm³/mol. The third-order valence-electron chi connectivity index (χ3n) is 6.06. The lowest BCUT2D eigenvalue weighted by Crippen LogP contribution is -2.46. The molecule has 0 bridgehead atoms. The Morgan fingerprint density at radius 2 is 2.00 bits per heavy atom. The van der Waals surface area contributed by atoms with Crippen molar-refractivity contribution >= 4 is 6.03 Å². The minimum atomic E-state index is -0.193. The van der Waals surface area contributed by atoms with E-state index < -0.39 is 0 Å². The number of hydrogen-bond acceptors (Lipinski definition) is 5. The first-order chi connectivity index (χ1) is 13.6. The summed E-state index contributed by atoms with van der Waals surface area (Å²) in [5, 5.41) is 18.7. The number of hydrogen-bond donors (Lipinski definition) is 2. The van der Waals surface area contributed by atoms with Crippen LogP contribution in [0.2, 0.25) is 0 Å². The molecule has 152 valence electrons. The van der Waals surface area contributed by atoms with Gasteiger partial charge in [-0.05, 0) is 32.6 Å². The number of likely N-dealkylation sites (tertiary alicyclic amines) is 1. The van der Waals surface area contributed by atoms with Gasteiger partial charge in [-0.25, -0.2) is 9.78 Å². The van der Waals surface area contributed by atoms with Crippen LogP contribution in [0, 0.1) is 0 Å². The molecule has 2 aliphatic rings. The lowest BCUT2D eigenvalue weighted by atomic mass is 9.89. The molecule has 9 nitrogen and oxygen atoms in total. The van der Waals surface area contributed by atoms with Gasteiger partial charge in [0.15, 0.2) is 11.6 Å². The largest absolute Gasteiger partial charge is 0.328 e. The van der Waals surface area contributed by atoms with Gasteiger partial charge < -0.3 is 14.8 Å². The van der Waals surface area contributed by atoms with Gasteiger partial charge in [-0.2, -0.15) is 5.10 Å². The van der Waals surface area contributed by atoms with Gasteiger partial charge in [0.05, 0.1) is 6.04 Å². The van der Waals surface area contributed by atoms with E-state index in [0.717, 1.165) is 36.9 Å². The van der Waals surface area contributed by atoms with Crippen LogP contribution in [0.1, 0.15) is 87.2 Å². The van der Waals surface area contributed by atoms with Gasteiger partial charge in [0.1, 0.15) is 12.2 Å². The van der Waals surface area contributed by atoms with E-state index in [2.05, 4.69) is 25.7 Å². The minimum absolute atomic E-state index is 0.0664. The van der Waals surface area contributed by atoms with E-state index in [1.54, 1.807) is 6.33 Å². The first kappa shape index (κ1) is 18.9. The van der Waals surface area contributed by atoms with E-state index in [-0.39, 0.29) is 18.0 Å². The van der Waals surface area contributed by atoms with Crippen LogP contribution in [0.3, 0.4) is 0 Å². The Hall–Kier alpha value is -2.45. The highest BCUT2D eigenvalue weighted by atomic mass is 16.2. The Morgan fingerprint density at radius 3 is 2.75 bits per heavy atom. The third-order valence-corrected chi connectivity index (χ3v) is 6.06. The summed E-state index contributed by atoms with van der Waals surface area (Å²) in [7, 11) is 1.88. The van der Waals surface area contributed by atoms with Gasteiger partial charge in [0, 0.05) is 32.0 Å². The zero-order valence-electron chi connectivity index (χ0n) is 16.8. The molecule has 2 amide bonds. The van der Waals surface area contributed by atoms with Crippen LogP contribution in [0.15, 0.2) is 6.33 Å². The number of aryl methyl sites for hydroxylation is 1. The molecule has 2 N–H and O–H groups in total. The maximum atomic E-state index is 12.8. The topological polar surface area (TPSA) is 105 Å². The van der Waals surface area contributed by atoms with Crippen LogP contribution in [-0.4, -0.2) is 54.0 Å². The van der Waals surface area contributed by atoms with E-state index in [9.17, 15) is 4.79 Å². The Labute approximate surface area is 165 Å². The summed E-state index contributed by atoms with van der Waals surface area (Å²) in [5.74, 6) is 3.35. The number of carbonyl (C=O) groups excluding carboxylic acids is 1. The van der Waals surface area contributed by atoms with Crippen LogP contribution in [-0.2, 0) is 7.05 Å². The molecule has 0 spiro atoms. The molecule has 2 aromatic heterocycles. The number of nitrogens with one attached hydrogen (secondary N) is 2. The summed E-state index contributed by atoms with van der Waals surface area (Å²) in [6.45, 7) is 3.34. The molecule has 2 fully saturated rings. The van der Waals surface area contributed by atoms with Crippen LogP contribution in [0.25, 0.3) is 0 Å². The van der Waals surface area contributed by atoms with Crippen molar-refractivity contribution in [2.75, 3.05) is 13.1 Å².